The molecule has 7 heteroatoms. The second-order valence-corrected chi connectivity index (χ2v) is 8.04. The van der Waals surface area contributed by atoms with Gasteiger partial charge in [-0.2, -0.15) is 0 Å². The summed E-state index contributed by atoms with van der Waals surface area (Å²) in [5.74, 6) is -0.639. The molecule has 0 bridgehead atoms. The molecule has 4 nitrogen and oxygen atoms in total. The van der Waals surface area contributed by atoms with Gasteiger partial charge in [0.15, 0.2) is 0 Å². The van der Waals surface area contributed by atoms with Crippen LogP contribution in [0.25, 0.3) is 0 Å². The van der Waals surface area contributed by atoms with Gasteiger partial charge >= 0.3 is 0 Å². The Kier molecular flexibility index (Phi) is 4.41. The molecule has 0 aromatic heterocycles. The minimum Gasteiger partial charge on any atom is -0.396 e. The predicted molar refractivity (Wildman–Crippen MR) is 80.3 cm³/mol. The first-order valence-electron chi connectivity index (χ1n) is 6.52. The summed E-state index contributed by atoms with van der Waals surface area (Å²) in [4.78, 5) is -0.0248. The van der Waals surface area contributed by atoms with E-state index >= 15 is 0 Å². The molecule has 1 aromatic carbocycles. The first-order chi connectivity index (χ1) is 9.23. The minimum absolute atomic E-state index is 0.0248. The Morgan fingerprint density at radius 2 is 1.90 bits per heavy atom. The topological polar surface area (TPSA) is 72.2 Å². The molecular weight excluding hydrogens is 347 g/mol. The molecule has 0 atom stereocenters. The van der Waals surface area contributed by atoms with Gasteiger partial charge in [0.25, 0.3) is 0 Å². The van der Waals surface area contributed by atoms with E-state index in [1.807, 2.05) is 6.92 Å². The number of rotatable bonds is 3. The van der Waals surface area contributed by atoms with Crippen molar-refractivity contribution in [3.8, 4) is 0 Å². The lowest BCUT2D eigenvalue weighted by molar-refractivity contribution is 0.294. The van der Waals surface area contributed by atoms with Crippen molar-refractivity contribution >= 4 is 31.6 Å². The van der Waals surface area contributed by atoms with E-state index in [9.17, 15) is 12.8 Å². The van der Waals surface area contributed by atoms with Crippen LogP contribution in [0.1, 0.15) is 39.0 Å². The summed E-state index contributed by atoms with van der Waals surface area (Å²) in [7, 11) is -3.73. The molecule has 20 heavy (non-hydrogen) atoms. The number of sulfonamides is 1. The largest absolute Gasteiger partial charge is 0.396 e. The zero-order chi connectivity index (χ0) is 15.0. The molecule has 1 fully saturated rings. The quantitative estimate of drug-likeness (QED) is 0.809. The second kappa shape index (κ2) is 5.61. The van der Waals surface area contributed by atoms with E-state index in [0.29, 0.717) is 0 Å². The Labute approximate surface area is 127 Å². The minimum atomic E-state index is -3.73. The molecule has 1 aromatic rings. The van der Waals surface area contributed by atoms with Crippen molar-refractivity contribution in [2.45, 2.75) is 49.5 Å². The molecule has 0 heterocycles. The number of hydrogen-bond acceptors (Lipinski definition) is 3. The maximum absolute atomic E-state index is 13.3. The standard InChI is InChI=1S/C13H18BrFN2O2S/c1-13(5-3-2-4-6-13)17-20(18,19)12-8-11(16)10(15)7-9(12)14/h7-8,17H,2-6,16H2,1H3. The lowest BCUT2D eigenvalue weighted by atomic mass is 9.84. The lowest BCUT2D eigenvalue weighted by Gasteiger charge is -2.34. The zero-order valence-electron chi connectivity index (χ0n) is 11.2. The maximum atomic E-state index is 13.3. The van der Waals surface area contributed by atoms with Gasteiger partial charge < -0.3 is 5.73 Å². The van der Waals surface area contributed by atoms with Crippen molar-refractivity contribution in [3.05, 3.63) is 22.4 Å². The monoisotopic (exact) mass is 364 g/mol. The summed E-state index contributed by atoms with van der Waals surface area (Å²) in [5, 5.41) is 0. The highest BCUT2D eigenvalue weighted by Gasteiger charge is 2.33. The van der Waals surface area contributed by atoms with Crippen LogP contribution in [0.3, 0.4) is 0 Å². The Bertz CT molecular complexity index is 613. The maximum Gasteiger partial charge on any atom is 0.242 e. The third kappa shape index (κ3) is 3.32. The molecule has 3 N–H and O–H groups in total. The van der Waals surface area contributed by atoms with Gasteiger partial charge in [0, 0.05) is 10.0 Å². The van der Waals surface area contributed by atoms with Gasteiger partial charge in [-0.25, -0.2) is 17.5 Å². The zero-order valence-corrected chi connectivity index (χ0v) is 13.7. The van der Waals surface area contributed by atoms with Crippen LogP contribution in [-0.2, 0) is 10.0 Å². The molecule has 1 aliphatic rings. The smallest absolute Gasteiger partial charge is 0.242 e. The van der Waals surface area contributed by atoms with E-state index in [1.165, 1.54) is 0 Å². The van der Waals surface area contributed by atoms with Crippen LogP contribution in [0.2, 0.25) is 0 Å². The molecule has 1 saturated carbocycles. The van der Waals surface area contributed by atoms with Crippen molar-refractivity contribution in [2.75, 3.05) is 5.73 Å². The first kappa shape index (κ1) is 15.7. The Morgan fingerprint density at radius 1 is 1.30 bits per heavy atom. The normalized spacial score (nSPS) is 18.9. The van der Waals surface area contributed by atoms with E-state index in [0.717, 1.165) is 44.2 Å². The average Bonchev–Trinajstić information content (AvgIpc) is 2.33. The summed E-state index contributed by atoms with van der Waals surface area (Å²) in [6.07, 6.45) is 4.75. The van der Waals surface area contributed by atoms with Gasteiger partial charge in [0.1, 0.15) is 5.82 Å². The number of benzene rings is 1. The number of halogens is 2. The van der Waals surface area contributed by atoms with Crippen LogP contribution in [-0.4, -0.2) is 14.0 Å². The molecule has 0 saturated heterocycles. The molecule has 1 aliphatic carbocycles. The Balaban J connectivity index is 2.33. The molecule has 2 rings (SSSR count). The highest BCUT2D eigenvalue weighted by Crippen LogP contribution is 2.32. The fraction of sp³-hybridized carbons (Fsp3) is 0.538. The van der Waals surface area contributed by atoms with Crippen LogP contribution < -0.4 is 10.5 Å². The fourth-order valence-corrected chi connectivity index (χ4v) is 5.08. The van der Waals surface area contributed by atoms with E-state index in [4.69, 9.17) is 5.73 Å². The van der Waals surface area contributed by atoms with Gasteiger partial charge in [0.2, 0.25) is 10.0 Å². The molecule has 0 unspecified atom stereocenters. The summed E-state index contributed by atoms with van der Waals surface area (Å²) in [5.41, 5.74) is 4.84. The number of nitrogens with one attached hydrogen (secondary N) is 1. The highest BCUT2D eigenvalue weighted by atomic mass is 79.9. The van der Waals surface area contributed by atoms with Crippen molar-refractivity contribution in [1.29, 1.82) is 0 Å². The number of nitrogen functional groups attached to an aromatic ring is 1. The Hall–Kier alpha value is -0.660. The summed E-state index contributed by atoms with van der Waals surface area (Å²) < 4.78 is 41.2. The van der Waals surface area contributed by atoms with Crippen LogP contribution in [0, 0.1) is 5.82 Å². The summed E-state index contributed by atoms with van der Waals surface area (Å²) in [6.45, 7) is 1.91. The third-order valence-electron chi connectivity index (χ3n) is 3.68. The SMILES string of the molecule is CC1(NS(=O)(=O)c2cc(N)c(F)cc2Br)CCCCC1. The number of nitrogens with two attached hydrogens (primary N) is 1. The van der Waals surface area contributed by atoms with Crippen molar-refractivity contribution in [2.24, 2.45) is 0 Å². The molecular formula is C13H18BrFN2O2S. The summed E-state index contributed by atoms with van der Waals surface area (Å²) >= 11 is 3.08. The predicted octanol–water partition coefficient (Wildman–Crippen LogP) is 3.17. The van der Waals surface area contributed by atoms with Gasteiger partial charge in [-0.15, -0.1) is 0 Å². The van der Waals surface area contributed by atoms with Crippen LogP contribution in [0.15, 0.2) is 21.5 Å². The lowest BCUT2D eigenvalue weighted by Crippen LogP contribution is -2.47. The van der Waals surface area contributed by atoms with E-state index in [-0.39, 0.29) is 15.1 Å². The molecule has 0 spiro atoms. The number of anilines is 1. The van der Waals surface area contributed by atoms with Crippen molar-refractivity contribution < 1.29 is 12.8 Å². The van der Waals surface area contributed by atoms with E-state index in [1.54, 1.807) is 0 Å². The molecule has 0 aliphatic heterocycles. The average molecular weight is 365 g/mol. The molecule has 0 amide bonds. The van der Waals surface area contributed by atoms with Crippen molar-refractivity contribution in [1.82, 2.24) is 4.72 Å². The van der Waals surface area contributed by atoms with Crippen molar-refractivity contribution in [3.63, 3.8) is 0 Å². The Morgan fingerprint density at radius 3 is 2.50 bits per heavy atom. The molecule has 112 valence electrons. The van der Waals surface area contributed by atoms with E-state index in [2.05, 4.69) is 20.7 Å². The van der Waals surface area contributed by atoms with Crippen LogP contribution in [0.5, 0.6) is 0 Å². The van der Waals surface area contributed by atoms with Gasteiger partial charge in [0.05, 0.1) is 10.6 Å². The van der Waals surface area contributed by atoms with Gasteiger partial charge in [-0.05, 0) is 47.8 Å². The second-order valence-electron chi connectivity index (χ2n) is 5.53. The van der Waals surface area contributed by atoms with Crippen LogP contribution in [0.4, 0.5) is 10.1 Å². The third-order valence-corrected chi connectivity index (χ3v) is 6.28. The highest BCUT2D eigenvalue weighted by molar-refractivity contribution is 9.10. The van der Waals surface area contributed by atoms with E-state index < -0.39 is 21.4 Å². The fourth-order valence-electron chi connectivity index (χ4n) is 2.56. The molecule has 0 radical (unpaired) electrons. The first-order valence-corrected chi connectivity index (χ1v) is 8.80. The number of hydrogen-bond donors (Lipinski definition) is 2. The van der Waals surface area contributed by atoms with Crippen LogP contribution >= 0.6 is 15.9 Å². The summed E-state index contributed by atoms with van der Waals surface area (Å²) in [6, 6.07) is 2.22. The van der Waals surface area contributed by atoms with Gasteiger partial charge in [-0.3, -0.25) is 0 Å². The van der Waals surface area contributed by atoms with Gasteiger partial charge in [-0.1, -0.05) is 19.3 Å².